The van der Waals surface area contributed by atoms with Gasteiger partial charge in [-0.15, -0.1) is 0 Å². The second-order valence-electron chi connectivity index (χ2n) is 7.66. The number of rotatable bonds is 8. The van der Waals surface area contributed by atoms with Gasteiger partial charge in [-0.2, -0.15) is 5.10 Å². The van der Waals surface area contributed by atoms with Gasteiger partial charge in [0.15, 0.2) is 0 Å². The molecule has 10 heteroatoms. The monoisotopic (exact) mass is 533 g/mol. The van der Waals surface area contributed by atoms with E-state index in [1.807, 2.05) is 0 Å². The van der Waals surface area contributed by atoms with Gasteiger partial charge in [0.25, 0.3) is 15.9 Å². The zero-order valence-electron chi connectivity index (χ0n) is 19.2. The van der Waals surface area contributed by atoms with E-state index in [0.29, 0.717) is 33.1 Å². The molecule has 0 radical (unpaired) electrons. The molecule has 4 aromatic rings. The van der Waals surface area contributed by atoms with E-state index < -0.39 is 21.9 Å². The lowest BCUT2D eigenvalue weighted by Crippen LogP contribution is -2.18. The van der Waals surface area contributed by atoms with Gasteiger partial charge in [0.05, 0.1) is 16.7 Å². The average Bonchev–Trinajstić information content (AvgIpc) is 2.90. The normalized spacial score (nSPS) is 11.2. The molecule has 4 aromatic carbocycles. The van der Waals surface area contributed by atoms with E-state index in [9.17, 15) is 18.0 Å². The van der Waals surface area contributed by atoms with Crippen molar-refractivity contribution in [2.75, 3.05) is 4.72 Å². The van der Waals surface area contributed by atoms with E-state index in [-0.39, 0.29) is 4.90 Å². The Balaban J connectivity index is 1.30. The van der Waals surface area contributed by atoms with Crippen LogP contribution in [0.1, 0.15) is 26.3 Å². The summed E-state index contributed by atoms with van der Waals surface area (Å²) in [5.41, 5.74) is 4.02. The highest BCUT2D eigenvalue weighted by Crippen LogP contribution is 2.17. The minimum atomic E-state index is -3.72. The fraction of sp³-hybridized carbons (Fsp3) is 0. The van der Waals surface area contributed by atoms with Crippen LogP contribution in [0.5, 0.6) is 5.75 Å². The van der Waals surface area contributed by atoms with Crippen molar-refractivity contribution in [1.82, 2.24) is 5.43 Å². The van der Waals surface area contributed by atoms with Gasteiger partial charge >= 0.3 is 5.97 Å². The topological polar surface area (TPSA) is 114 Å². The number of hydrogen-bond acceptors (Lipinski definition) is 6. The first kappa shape index (κ1) is 25.6. The molecule has 8 nitrogen and oxygen atoms in total. The van der Waals surface area contributed by atoms with E-state index in [1.165, 1.54) is 48.7 Å². The van der Waals surface area contributed by atoms with Crippen LogP contribution < -0.4 is 14.9 Å². The summed E-state index contributed by atoms with van der Waals surface area (Å²) >= 11 is 5.90. The van der Waals surface area contributed by atoms with Gasteiger partial charge in [0, 0.05) is 16.3 Å². The van der Waals surface area contributed by atoms with Crippen LogP contribution >= 0.6 is 11.6 Å². The molecule has 4 rings (SSSR count). The molecule has 0 unspecified atom stereocenters. The first-order valence-electron chi connectivity index (χ1n) is 10.9. The summed E-state index contributed by atoms with van der Waals surface area (Å²) in [6, 6.07) is 26.9. The number of benzene rings is 4. The summed E-state index contributed by atoms with van der Waals surface area (Å²) in [6.07, 6.45) is 1.43. The lowest BCUT2D eigenvalue weighted by atomic mass is 10.2. The molecular formula is C27H20ClN3O5S. The van der Waals surface area contributed by atoms with Gasteiger partial charge in [-0.1, -0.05) is 35.9 Å². The third-order valence-electron chi connectivity index (χ3n) is 4.98. The fourth-order valence-corrected chi connectivity index (χ4v) is 4.41. The molecule has 0 aliphatic carbocycles. The van der Waals surface area contributed by atoms with Gasteiger partial charge in [-0.25, -0.2) is 18.6 Å². The Kier molecular flexibility index (Phi) is 7.97. The lowest BCUT2D eigenvalue weighted by Gasteiger charge is -2.08. The molecule has 0 aliphatic rings. The van der Waals surface area contributed by atoms with Crippen LogP contribution in [-0.2, 0) is 10.0 Å². The zero-order chi connectivity index (χ0) is 26.3. The van der Waals surface area contributed by atoms with Crippen LogP contribution in [-0.4, -0.2) is 26.5 Å². The SMILES string of the molecule is O=C(NN=Cc1ccc(OC(=O)c2cccc(Cl)c2)cc1)c1ccc(NS(=O)(=O)c2ccccc2)cc1. The van der Waals surface area contributed by atoms with Gasteiger partial charge in [-0.05, 0) is 84.4 Å². The van der Waals surface area contributed by atoms with Crippen LogP contribution in [0.15, 0.2) is 113 Å². The fourth-order valence-electron chi connectivity index (χ4n) is 3.14. The maximum atomic E-state index is 12.4. The number of nitrogens with one attached hydrogen (secondary N) is 2. The molecule has 1 amide bonds. The predicted octanol–water partition coefficient (Wildman–Crippen LogP) is 5.12. The number of sulfonamides is 1. The summed E-state index contributed by atoms with van der Waals surface area (Å²) in [6.45, 7) is 0. The smallest absolute Gasteiger partial charge is 0.343 e. The summed E-state index contributed by atoms with van der Waals surface area (Å²) < 4.78 is 32.6. The van der Waals surface area contributed by atoms with Crippen LogP contribution in [0.25, 0.3) is 0 Å². The number of nitrogens with zero attached hydrogens (tertiary/aromatic N) is 1. The van der Waals surface area contributed by atoms with Gasteiger partial charge in [0.1, 0.15) is 5.75 Å². The molecule has 0 aliphatic heterocycles. The summed E-state index contributed by atoms with van der Waals surface area (Å²) in [4.78, 5) is 24.7. The summed E-state index contributed by atoms with van der Waals surface area (Å²) in [5, 5.41) is 4.37. The number of hydrogen-bond donors (Lipinski definition) is 2. The Bertz CT molecular complexity index is 1540. The van der Waals surface area contributed by atoms with Gasteiger partial charge in [-0.3, -0.25) is 9.52 Å². The van der Waals surface area contributed by atoms with E-state index >= 15 is 0 Å². The number of esters is 1. The van der Waals surface area contributed by atoms with Crippen molar-refractivity contribution >= 4 is 45.4 Å². The van der Waals surface area contributed by atoms with E-state index in [4.69, 9.17) is 16.3 Å². The molecule has 37 heavy (non-hydrogen) atoms. The number of carbonyl (C=O) groups is 2. The van der Waals surface area contributed by atoms with Gasteiger partial charge < -0.3 is 4.74 Å². The highest BCUT2D eigenvalue weighted by Gasteiger charge is 2.14. The van der Waals surface area contributed by atoms with Crippen molar-refractivity contribution in [2.45, 2.75) is 4.90 Å². The maximum Gasteiger partial charge on any atom is 0.343 e. The number of anilines is 1. The highest BCUT2D eigenvalue weighted by molar-refractivity contribution is 7.92. The molecule has 0 aromatic heterocycles. The van der Waals surface area contributed by atoms with Crippen molar-refractivity contribution in [2.24, 2.45) is 5.10 Å². The minimum absolute atomic E-state index is 0.137. The van der Waals surface area contributed by atoms with E-state index in [1.54, 1.807) is 60.7 Å². The van der Waals surface area contributed by atoms with E-state index in [2.05, 4.69) is 15.2 Å². The molecule has 0 atom stereocenters. The maximum absolute atomic E-state index is 12.4. The predicted molar refractivity (Wildman–Crippen MR) is 142 cm³/mol. The Morgan fingerprint density at radius 1 is 0.811 bits per heavy atom. The quantitative estimate of drug-likeness (QED) is 0.141. The number of halogens is 1. The van der Waals surface area contributed by atoms with Crippen molar-refractivity contribution in [3.8, 4) is 5.75 Å². The van der Waals surface area contributed by atoms with Crippen LogP contribution in [0.2, 0.25) is 5.02 Å². The van der Waals surface area contributed by atoms with Crippen molar-refractivity contribution in [3.63, 3.8) is 0 Å². The summed E-state index contributed by atoms with van der Waals surface area (Å²) in [7, 11) is -3.72. The average molecular weight is 534 g/mol. The molecule has 0 saturated carbocycles. The molecule has 0 saturated heterocycles. The molecule has 186 valence electrons. The molecule has 0 bridgehead atoms. The lowest BCUT2D eigenvalue weighted by molar-refractivity contribution is 0.0734. The molecule has 0 spiro atoms. The Morgan fingerprint density at radius 2 is 1.51 bits per heavy atom. The van der Waals surface area contributed by atoms with Crippen LogP contribution in [0.4, 0.5) is 5.69 Å². The second kappa shape index (κ2) is 11.5. The minimum Gasteiger partial charge on any atom is -0.423 e. The van der Waals surface area contributed by atoms with Crippen LogP contribution in [0.3, 0.4) is 0 Å². The molecular weight excluding hydrogens is 514 g/mol. The Labute approximate surface area is 218 Å². The summed E-state index contributed by atoms with van der Waals surface area (Å²) in [5.74, 6) is -0.662. The number of amides is 1. The van der Waals surface area contributed by atoms with Crippen molar-refractivity contribution in [1.29, 1.82) is 0 Å². The third-order valence-corrected chi connectivity index (χ3v) is 6.62. The van der Waals surface area contributed by atoms with Crippen LogP contribution in [0, 0.1) is 0 Å². The highest BCUT2D eigenvalue weighted by atomic mass is 35.5. The number of carbonyl (C=O) groups excluding carboxylic acids is 2. The van der Waals surface area contributed by atoms with Crippen molar-refractivity contribution < 1.29 is 22.7 Å². The third kappa shape index (κ3) is 7.03. The molecule has 0 fully saturated rings. The standard InChI is InChI=1S/C27H20ClN3O5S/c28-22-6-4-5-21(17-22)27(33)36-24-15-9-19(10-16-24)18-29-30-26(32)20-11-13-23(14-12-20)31-37(34,35)25-7-2-1-3-8-25/h1-18,31H,(H,30,32). The first-order chi connectivity index (χ1) is 17.8. The van der Waals surface area contributed by atoms with E-state index in [0.717, 1.165) is 0 Å². The second-order valence-corrected chi connectivity index (χ2v) is 9.78. The number of hydrazone groups is 1. The molecule has 2 N–H and O–H groups in total. The zero-order valence-corrected chi connectivity index (χ0v) is 20.7. The number of ether oxygens (including phenoxy) is 1. The van der Waals surface area contributed by atoms with Crippen molar-refractivity contribution in [3.05, 3.63) is 125 Å². The molecule has 0 heterocycles. The van der Waals surface area contributed by atoms with Gasteiger partial charge in [0.2, 0.25) is 0 Å². The Morgan fingerprint density at radius 3 is 2.19 bits per heavy atom. The largest absolute Gasteiger partial charge is 0.423 e. The first-order valence-corrected chi connectivity index (χ1v) is 12.8. The Hall–Kier alpha value is -4.47.